The number of benzene rings is 1. The third-order valence-corrected chi connectivity index (χ3v) is 2.78. The zero-order valence-electron chi connectivity index (χ0n) is 10.3. The molecular weight excluding hydrogens is 236 g/mol. The van der Waals surface area contributed by atoms with Gasteiger partial charge >= 0.3 is 0 Å². The Morgan fingerprint density at radius 3 is 2.76 bits per heavy atom. The second-order valence-electron chi connectivity index (χ2n) is 3.95. The third kappa shape index (κ3) is 5.20. The Morgan fingerprint density at radius 2 is 2.18 bits per heavy atom. The highest BCUT2D eigenvalue weighted by molar-refractivity contribution is 6.30. The summed E-state index contributed by atoms with van der Waals surface area (Å²) in [5.41, 5.74) is 1.18. The van der Waals surface area contributed by atoms with Crippen LogP contribution >= 0.6 is 11.6 Å². The topological polar surface area (TPSA) is 41.1 Å². The van der Waals surface area contributed by atoms with Gasteiger partial charge in [0.2, 0.25) is 5.91 Å². The molecule has 0 spiro atoms. The Balaban J connectivity index is 2.45. The zero-order valence-corrected chi connectivity index (χ0v) is 11.1. The fourth-order valence-corrected chi connectivity index (χ4v) is 1.90. The van der Waals surface area contributed by atoms with E-state index in [0.29, 0.717) is 6.54 Å². The van der Waals surface area contributed by atoms with E-state index in [2.05, 4.69) is 23.6 Å². The van der Waals surface area contributed by atoms with Gasteiger partial charge in [0.25, 0.3) is 0 Å². The van der Waals surface area contributed by atoms with Crippen LogP contribution in [0.3, 0.4) is 0 Å². The zero-order chi connectivity index (χ0) is 12.7. The Hall–Kier alpha value is -1.06. The van der Waals surface area contributed by atoms with Crippen molar-refractivity contribution in [2.45, 2.75) is 26.3 Å². The molecule has 94 valence electrons. The number of carbonyl (C=O) groups excluding carboxylic acids is 1. The van der Waals surface area contributed by atoms with Gasteiger partial charge in [-0.15, -0.1) is 0 Å². The third-order valence-electron chi connectivity index (χ3n) is 2.55. The molecule has 1 unspecified atom stereocenters. The van der Waals surface area contributed by atoms with Crippen LogP contribution in [0.25, 0.3) is 0 Å². The van der Waals surface area contributed by atoms with Crippen LogP contribution in [0.5, 0.6) is 0 Å². The van der Waals surface area contributed by atoms with Crippen molar-refractivity contribution in [2.24, 2.45) is 0 Å². The lowest BCUT2D eigenvalue weighted by molar-refractivity contribution is -0.118. The first-order valence-corrected chi connectivity index (χ1v) is 6.24. The minimum Gasteiger partial charge on any atom is -0.355 e. The van der Waals surface area contributed by atoms with E-state index < -0.39 is 0 Å². The minimum absolute atomic E-state index is 0.00241. The number of halogens is 1. The van der Waals surface area contributed by atoms with Crippen LogP contribution in [-0.4, -0.2) is 19.0 Å². The fourth-order valence-electron chi connectivity index (χ4n) is 1.71. The van der Waals surface area contributed by atoms with Crippen molar-refractivity contribution in [3.8, 4) is 0 Å². The maximum atomic E-state index is 10.7. The number of rotatable bonds is 6. The van der Waals surface area contributed by atoms with E-state index in [9.17, 15) is 4.79 Å². The largest absolute Gasteiger partial charge is 0.355 e. The molecule has 1 aromatic carbocycles. The normalized spacial score (nSPS) is 12.2. The quantitative estimate of drug-likeness (QED) is 0.766. The number of amides is 1. The second-order valence-corrected chi connectivity index (χ2v) is 4.39. The molecular formula is C13H19ClN2O. The molecule has 0 saturated carbocycles. The van der Waals surface area contributed by atoms with Gasteiger partial charge in [0.05, 0.1) is 0 Å². The molecule has 0 bridgehead atoms. The van der Waals surface area contributed by atoms with Crippen molar-refractivity contribution in [1.82, 2.24) is 10.6 Å². The van der Waals surface area contributed by atoms with Crippen LogP contribution in [0.2, 0.25) is 5.02 Å². The van der Waals surface area contributed by atoms with E-state index in [4.69, 9.17) is 11.6 Å². The number of hydrogen-bond acceptors (Lipinski definition) is 2. The van der Waals surface area contributed by atoms with Gasteiger partial charge < -0.3 is 10.6 Å². The molecule has 1 amide bonds. The van der Waals surface area contributed by atoms with Crippen molar-refractivity contribution in [2.75, 3.05) is 13.1 Å². The smallest absolute Gasteiger partial charge is 0.216 e. The molecule has 17 heavy (non-hydrogen) atoms. The van der Waals surface area contributed by atoms with Gasteiger partial charge in [-0.05, 0) is 24.1 Å². The second kappa shape index (κ2) is 7.30. The van der Waals surface area contributed by atoms with Crippen LogP contribution in [-0.2, 0) is 4.79 Å². The van der Waals surface area contributed by atoms with Gasteiger partial charge in [-0.3, -0.25) is 4.79 Å². The maximum Gasteiger partial charge on any atom is 0.216 e. The summed E-state index contributed by atoms with van der Waals surface area (Å²) in [4.78, 5) is 10.7. The standard InChI is InChI=1S/C13H19ClN2O/c1-3-13(16-8-7-15-10(2)17)11-5-4-6-12(14)9-11/h4-6,9,13,16H,3,7-8H2,1-2H3,(H,15,17). The Kier molecular flexibility index (Phi) is 6.01. The van der Waals surface area contributed by atoms with E-state index >= 15 is 0 Å². The Labute approximate surface area is 108 Å². The maximum absolute atomic E-state index is 10.7. The Morgan fingerprint density at radius 1 is 1.41 bits per heavy atom. The van der Waals surface area contributed by atoms with Gasteiger partial charge in [-0.2, -0.15) is 0 Å². The summed E-state index contributed by atoms with van der Waals surface area (Å²) in [6.45, 7) is 5.04. The molecule has 2 N–H and O–H groups in total. The fraction of sp³-hybridized carbons (Fsp3) is 0.462. The summed E-state index contributed by atoms with van der Waals surface area (Å²) in [6.07, 6.45) is 0.987. The van der Waals surface area contributed by atoms with Gasteiger partial charge in [0.15, 0.2) is 0 Å². The summed E-state index contributed by atoms with van der Waals surface area (Å²) >= 11 is 5.96. The molecule has 1 rings (SSSR count). The lowest BCUT2D eigenvalue weighted by atomic mass is 10.0. The van der Waals surface area contributed by atoms with Crippen molar-refractivity contribution in [1.29, 1.82) is 0 Å². The summed E-state index contributed by atoms with van der Waals surface area (Å²) in [7, 11) is 0. The van der Waals surface area contributed by atoms with Crippen LogP contribution in [0.4, 0.5) is 0 Å². The lowest BCUT2D eigenvalue weighted by Crippen LogP contribution is -2.32. The molecule has 0 radical (unpaired) electrons. The first-order chi connectivity index (χ1) is 8.13. The molecule has 0 aliphatic heterocycles. The highest BCUT2D eigenvalue weighted by Crippen LogP contribution is 2.19. The van der Waals surface area contributed by atoms with Crippen molar-refractivity contribution >= 4 is 17.5 Å². The average Bonchev–Trinajstić information content (AvgIpc) is 2.29. The van der Waals surface area contributed by atoms with Gasteiger partial charge in [0, 0.05) is 31.1 Å². The predicted octanol–water partition coefficient (Wildman–Crippen LogP) is 2.52. The van der Waals surface area contributed by atoms with E-state index in [-0.39, 0.29) is 11.9 Å². The van der Waals surface area contributed by atoms with Crippen molar-refractivity contribution in [3.63, 3.8) is 0 Å². The first-order valence-electron chi connectivity index (χ1n) is 5.86. The number of nitrogens with one attached hydrogen (secondary N) is 2. The van der Waals surface area contributed by atoms with Crippen LogP contribution < -0.4 is 10.6 Å². The molecule has 0 aliphatic rings. The first kappa shape index (κ1) is 14.0. The lowest BCUT2D eigenvalue weighted by Gasteiger charge is -2.17. The molecule has 1 atom stereocenters. The number of hydrogen-bond donors (Lipinski definition) is 2. The minimum atomic E-state index is 0.00241. The summed E-state index contributed by atoms with van der Waals surface area (Å²) in [6, 6.07) is 8.14. The molecule has 0 heterocycles. The van der Waals surface area contributed by atoms with Gasteiger partial charge in [-0.25, -0.2) is 0 Å². The number of carbonyl (C=O) groups is 1. The summed E-state index contributed by atoms with van der Waals surface area (Å²) < 4.78 is 0. The molecule has 0 aliphatic carbocycles. The molecule has 3 nitrogen and oxygen atoms in total. The van der Waals surface area contributed by atoms with E-state index in [1.165, 1.54) is 12.5 Å². The summed E-state index contributed by atoms with van der Waals surface area (Å²) in [5, 5.41) is 6.91. The van der Waals surface area contributed by atoms with E-state index in [1.807, 2.05) is 18.2 Å². The average molecular weight is 255 g/mol. The van der Waals surface area contributed by atoms with E-state index in [1.54, 1.807) is 0 Å². The molecule has 0 fully saturated rings. The highest BCUT2D eigenvalue weighted by Gasteiger charge is 2.08. The van der Waals surface area contributed by atoms with Gasteiger partial charge in [0.1, 0.15) is 0 Å². The van der Waals surface area contributed by atoms with E-state index in [0.717, 1.165) is 18.0 Å². The van der Waals surface area contributed by atoms with Gasteiger partial charge in [-0.1, -0.05) is 30.7 Å². The van der Waals surface area contributed by atoms with Crippen LogP contribution in [0.1, 0.15) is 31.9 Å². The van der Waals surface area contributed by atoms with Crippen molar-refractivity contribution in [3.05, 3.63) is 34.9 Å². The molecule has 4 heteroatoms. The molecule has 0 saturated heterocycles. The van der Waals surface area contributed by atoms with Crippen LogP contribution in [0.15, 0.2) is 24.3 Å². The molecule has 0 aromatic heterocycles. The van der Waals surface area contributed by atoms with Crippen molar-refractivity contribution < 1.29 is 4.79 Å². The molecule has 1 aromatic rings. The predicted molar refractivity (Wildman–Crippen MR) is 71.2 cm³/mol. The SMILES string of the molecule is CCC(NCCNC(C)=O)c1cccc(Cl)c1. The monoisotopic (exact) mass is 254 g/mol. The Bertz CT molecular complexity index is 368. The van der Waals surface area contributed by atoms with Crippen LogP contribution in [0, 0.1) is 0 Å². The summed E-state index contributed by atoms with van der Waals surface area (Å²) in [5.74, 6) is 0.00241. The highest BCUT2D eigenvalue weighted by atomic mass is 35.5.